The number of halogens is 2. The smallest absolute Gasteiger partial charge is 0.126 e. The van der Waals surface area contributed by atoms with Crippen LogP contribution in [0.5, 0.6) is 0 Å². The van der Waals surface area contributed by atoms with E-state index in [9.17, 15) is 4.39 Å². The molecule has 1 saturated carbocycles. The van der Waals surface area contributed by atoms with Gasteiger partial charge in [-0.1, -0.05) is 30.9 Å². The fourth-order valence-corrected chi connectivity index (χ4v) is 2.42. The second-order valence-electron chi connectivity index (χ2n) is 4.73. The summed E-state index contributed by atoms with van der Waals surface area (Å²) in [7, 11) is 0. The summed E-state index contributed by atoms with van der Waals surface area (Å²) in [6.45, 7) is 0. The lowest BCUT2D eigenvalue weighted by Crippen LogP contribution is -2.28. The molecule has 0 amide bonds. The van der Waals surface area contributed by atoms with Crippen LogP contribution in [0.25, 0.3) is 0 Å². The highest BCUT2D eigenvalue weighted by Crippen LogP contribution is 2.30. The van der Waals surface area contributed by atoms with Crippen LogP contribution >= 0.6 is 11.6 Å². The van der Waals surface area contributed by atoms with E-state index in [1.54, 1.807) is 12.1 Å². The standard InChI is InChI=1S/C13H17ClFN/c14-11-4-5-13(15)10(7-11)8-12(16)6-9-2-1-3-9/h4-5,7,9,12H,1-3,6,8,16H2. The van der Waals surface area contributed by atoms with Gasteiger partial charge in [0.1, 0.15) is 5.82 Å². The summed E-state index contributed by atoms with van der Waals surface area (Å²) >= 11 is 5.84. The summed E-state index contributed by atoms with van der Waals surface area (Å²) in [5.74, 6) is 0.561. The largest absolute Gasteiger partial charge is 0.327 e. The van der Waals surface area contributed by atoms with Gasteiger partial charge in [-0.05, 0) is 42.5 Å². The van der Waals surface area contributed by atoms with Crippen LogP contribution < -0.4 is 5.73 Å². The van der Waals surface area contributed by atoms with Gasteiger partial charge in [0.25, 0.3) is 0 Å². The summed E-state index contributed by atoms with van der Waals surface area (Å²) in [5, 5.41) is 0.576. The van der Waals surface area contributed by atoms with Gasteiger partial charge in [0.2, 0.25) is 0 Å². The molecule has 0 saturated heterocycles. The lowest BCUT2D eigenvalue weighted by atomic mass is 9.80. The molecule has 1 aromatic rings. The Hall–Kier alpha value is -0.600. The minimum absolute atomic E-state index is 0.0540. The Labute approximate surface area is 101 Å². The van der Waals surface area contributed by atoms with Crippen LogP contribution in [0.2, 0.25) is 5.02 Å². The van der Waals surface area contributed by atoms with Crippen molar-refractivity contribution in [1.29, 1.82) is 0 Å². The van der Waals surface area contributed by atoms with Crippen molar-refractivity contribution in [3.63, 3.8) is 0 Å². The molecule has 0 aromatic heterocycles. The van der Waals surface area contributed by atoms with E-state index in [2.05, 4.69) is 0 Å². The quantitative estimate of drug-likeness (QED) is 0.857. The van der Waals surface area contributed by atoms with Crippen molar-refractivity contribution >= 4 is 11.6 Å². The van der Waals surface area contributed by atoms with Gasteiger partial charge in [-0.2, -0.15) is 0 Å². The molecule has 2 rings (SSSR count). The molecule has 1 aliphatic carbocycles. The molecule has 1 atom stereocenters. The number of rotatable bonds is 4. The minimum Gasteiger partial charge on any atom is -0.327 e. The van der Waals surface area contributed by atoms with Crippen molar-refractivity contribution in [3.05, 3.63) is 34.6 Å². The molecule has 0 bridgehead atoms. The van der Waals surface area contributed by atoms with Crippen LogP contribution in [0.4, 0.5) is 4.39 Å². The molecule has 0 radical (unpaired) electrons. The summed E-state index contributed by atoms with van der Waals surface area (Å²) in [6.07, 6.45) is 5.48. The zero-order valence-electron chi connectivity index (χ0n) is 9.26. The highest BCUT2D eigenvalue weighted by atomic mass is 35.5. The predicted octanol–water partition coefficient (Wildman–Crippen LogP) is 3.54. The zero-order chi connectivity index (χ0) is 11.5. The van der Waals surface area contributed by atoms with E-state index in [0.717, 1.165) is 12.3 Å². The van der Waals surface area contributed by atoms with E-state index in [1.165, 1.54) is 25.3 Å². The van der Waals surface area contributed by atoms with Crippen molar-refractivity contribution in [2.45, 2.75) is 38.1 Å². The Morgan fingerprint density at radius 1 is 1.44 bits per heavy atom. The second kappa shape index (κ2) is 5.15. The highest BCUT2D eigenvalue weighted by molar-refractivity contribution is 6.30. The third-order valence-electron chi connectivity index (χ3n) is 3.35. The van der Waals surface area contributed by atoms with E-state index >= 15 is 0 Å². The molecule has 16 heavy (non-hydrogen) atoms. The van der Waals surface area contributed by atoms with Crippen molar-refractivity contribution < 1.29 is 4.39 Å². The highest BCUT2D eigenvalue weighted by Gasteiger charge is 2.20. The molecule has 3 heteroatoms. The lowest BCUT2D eigenvalue weighted by Gasteiger charge is -2.28. The van der Waals surface area contributed by atoms with Gasteiger partial charge in [-0.25, -0.2) is 4.39 Å². The normalized spacial score (nSPS) is 18.2. The average Bonchev–Trinajstić information content (AvgIpc) is 2.18. The van der Waals surface area contributed by atoms with Gasteiger partial charge >= 0.3 is 0 Å². The Bertz CT molecular complexity index is 363. The Morgan fingerprint density at radius 2 is 2.19 bits per heavy atom. The molecule has 1 nitrogen and oxygen atoms in total. The number of hydrogen-bond donors (Lipinski definition) is 1. The van der Waals surface area contributed by atoms with Crippen LogP contribution in [0.15, 0.2) is 18.2 Å². The Morgan fingerprint density at radius 3 is 2.81 bits per heavy atom. The first-order valence-corrected chi connectivity index (χ1v) is 6.22. The topological polar surface area (TPSA) is 26.0 Å². The Kier molecular flexibility index (Phi) is 3.82. The molecular weight excluding hydrogens is 225 g/mol. The van der Waals surface area contributed by atoms with Crippen molar-refractivity contribution in [2.24, 2.45) is 11.7 Å². The monoisotopic (exact) mass is 241 g/mol. The van der Waals surface area contributed by atoms with E-state index in [1.807, 2.05) is 0 Å². The Balaban J connectivity index is 1.93. The first kappa shape index (κ1) is 11.9. The molecule has 1 aliphatic rings. The molecule has 2 N–H and O–H groups in total. The first-order chi connectivity index (χ1) is 7.65. The van der Waals surface area contributed by atoms with Crippen LogP contribution in [-0.4, -0.2) is 6.04 Å². The molecule has 1 unspecified atom stereocenters. The predicted molar refractivity (Wildman–Crippen MR) is 65.0 cm³/mol. The molecule has 88 valence electrons. The number of benzene rings is 1. The maximum Gasteiger partial charge on any atom is 0.126 e. The maximum atomic E-state index is 13.4. The van der Waals surface area contributed by atoms with Crippen LogP contribution in [0.1, 0.15) is 31.2 Å². The average molecular weight is 242 g/mol. The van der Waals surface area contributed by atoms with Gasteiger partial charge in [0.15, 0.2) is 0 Å². The van der Waals surface area contributed by atoms with E-state index in [4.69, 9.17) is 17.3 Å². The molecule has 1 fully saturated rings. The summed E-state index contributed by atoms with van der Waals surface area (Å²) in [4.78, 5) is 0. The van der Waals surface area contributed by atoms with Crippen LogP contribution in [0, 0.1) is 11.7 Å². The molecule has 0 spiro atoms. The number of hydrogen-bond acceptors (Lipinski definition) is 1. The molecule has 1 aromatic carbocycles. The third-order valence-corrected chi connectivity index (χ3v) is 3.59. The van der Waals surface area contributed by atoms with Gasteiger partial charge in [-0.3, -0.25) is 0 Å². The fourth-order valence-electron chi connectivity index (χ4n) is 2.22. The number of nitrogens with two attached hydrogens (primary N) is 1. The van der Waals surface area contributed by atoms with Gasteiger partial charge in [0, 0.05) is 11.1 Å². The van der Waals surface area contributed by atoms with Gasteiger partial charge < -0.3 is 5.73 Å². The maximum absolute atomic E-state index is 13.4. The summed E-state index contributed by atoms with van der Waals surface area (Å²) < 4.78 is 13.4. The fraction of sp³-hybridized carbons (Fsp3) is 0.538. The molecule has 0 heterocycles. The van der Waals surface area contributed by atoms with Crippen molar-refractivity contribution in [3.8, 4) is 0 Å². The summed E-state index contributed by atoms with van der Waals surface area (Å²) in [5.41, 5.74) is 6.66. The van der Waals surface area contributed by atoms with E-state index in [0.29, 0.717) is 17.0 Å². The zero-order valence-corrected chi connectivity index (χ0v) is 10.0. The van der Waals surface area contributed by atoms with E-state index < -0.39 is 0 Å². The van der Waals surface area contributed by atoms with Crippen LogP contribution in [-0.2, 0) is 6.42 Å². The van der Waals surface area contributed by atoms with Crippen molar-refractivity contribution in [2.75, 3.05) is 0 Å². The third kappa shape index (κ3) is 2.96. The van der Waals surface area contributed by atoms with Gasteiger partial charge in [-0.15, -0.1) is 0 Å². The van der Waals surface area contributed by atoms with Gasteiger partial charge in [0.05, 0.1) is 0 Å². The molecule has 0 aliphatic heterocycles. The SMILES string of the molecule is NC(Cc1cc(Cl)ccc1F)CC1CCC1. The van der Waals surface area contributed by atoms with E-state index in [-0.39, 0.29) is 11.9 Å². The van der Waals surface area contributed by atoms with Crippen LogP contribution in [0.3, 0.4) is 0 Å². The first-order valence-electron chi connectivity index (χ1n) is 5.84. The minimum atomic E-state index is -0.201. The van der Waals surface area contributed by atoms with Crippen molar-refractivity contribution in [1.82, 2.24) is 0 Å². The summed E-state index contributed by atoms with van der Waals surface area (Å²) in [6, 6.07) is 4.71. The molecular formula is C13H17ClFN. The lowest BCUT2D eigenvalue weighted by molar-refractivity contribution is 0.275. The second-order valence-corrected chi connectivity index (χ2v) is 5.17.